The molecule has 0 aliphatic rings. The molecule has 0 aliphatic carbocycles. The van der Waals surface area contributed by atoms with Crippen molar-refractivity contribution in [2.75, 3.05) is 32.0 Å². The summed E-state index contributed by atoms with van der Waals surface area (Å²) in [6.07, 6.45) is 0.335. The normalized spacial score (nSPS) is 12.3. The Kier molecular flexibility index (Phi) is 14.9. The van der Waals surface area contributed by atoms with Crippen LogP contribution in [0.4, 0.5) is 5.82 Å². The van der Waals surface area contributed by atoms with Gasteiger partial charge in [-0.15, -0.1) is 0 Å². The number of oxazole rings is 1. The second-order valence-corrected chi connectivity index (χ2v) is 13.0. The number of thioether (sulfide) groups is 1. The van der Waals surface area contributed by atoms with Gasteiger partial charge in [0.1, 0.15) is 65.9 Å². The first-order valence-electron chi connectivity index (χ1n) is 16.4. The summed E-state index contributed by atoms with van der Waals surface area (Å²) in [7, 11) is 0. The standard InChI is InChI=1S/C36H36ClN9O8S/c1-19(43-29(47)13-40)35(49)53-17-26(54-36(50)20(2)44-30(48)14-41)16-51-25-9-5-21(6-10-25)31-27(11-38)32(42)46-34(28(31)12-39)55-18-24-15-52-33(45-24)22-3-7-23(37)8-4-22/h3-10,15,19-20,26H,13-14,16-18,40-41H2,1-2H3,(H2,42,46)(H,43,47)(H,44,48)/t19-,20-,26-/m0/s1. The highest BCUT2D eigenvalue weighted by Gasteiger charge is 2.26. The van der Waals surface area contributed by atoms with Gasteiger partial charge >= 0.3 is 11.9 Å². The molecule has 17 nitrogen and oxygen atoms in total. The Morgan fingerprint density at radius 1 is 0.873 bits per heavy atom. The van der Waals surface area contributed by atoms with Gasteiger partial charge in [0.05, 0.1) is 24.3 Å². The molecule has 0 spiro atoms. The van der Waals surface area contributed by atoms with E-state index in [4.69, 9.17) is 47.4 Å². The molecule has 3 atom stereocenters. The highest BCUT2D eigenvalue weighted by atomic mass is 35.5. The van der Waals surface area contributed by atoms with Crippen LogP contribution in [0.15, 0.2) is 64.2 Å². The molecule has 0 aliphatic heterocycles. The summed E-state index contributed by atoms with van der Waals surface area (Å²) in [5.41, 5.74) is 18.9. The number of hydrogen-bond acceptors (Lipinski definition) is 16. The SMILES string of the molecule is C[C@H](NC(=O)CN)C(=O)OC[C@H](COc1ccc(-c2c(C#N)c(N)nc(SCc3coc(-c4ccc(Cl)cc4)n3)c2C#N)cc1)OC(=O)[C@H](C)NC(=O)CN. The summed E-state index contributed by atoms with van der Waals surface area (Å²) >= 11 is 7.17. The third kappa shape index (κ3) is 11.4. The van der Waals surface area contributed by atoms with Crippen LogP contribution in [0.3, 0.4) is 0 Å². The number of pyridine rings is 1. The number of hydrogen-bond donors (Lipinski definition) is 5. The Morgan fingerprint density at radius 2 is 1.47 bits per heavy atom. The number of benzene rings is 2. The van der Waals surface area contributed by atoms with Crippen molar-refractivity contribution < 1.29 is 37.8 Å². The quantitative estimate of drug-likeness (QED) is 0.0758. The third-order valence-electron chi connectivity index (χ3n) is 7.52. The molecule has 2 aromatic heterocycles. The predicted molar refractivity (Wildman–Crippen MR) is 200 cm³/mol. The van der Waals surface area contributed by atoms with Crippen molar-refractivity contribution in [3.63, 3.8) is 0 Å². The van der Waals surface area contributed by atoms with Crippen LogP contribution in [0.1, 0.15) is 30.7 Å². The average molecular weight is 790 g/mol. The van der Waals surface area contributed by atoms with Crippen LogP contribution >= 0.6 is 23.4 Å². The summed E-state index contributed by atoms with van der Waals surface area (Å²) in [5, 5.41) is 25.8. The molecule has 19 heteroatoms. The fraction of sp³-hybridized carbons (Fsp3) is 0.278. The number of nitriles is 2. The third-order valence-corrected chi connectivity index (χ3v) is 8.78. The number of anilines is 1. The Morgan fingerprint density at radius 3 is 2.07 bits per heavy atom. The van der Waals surface area contributed by atoms with Gasteiger partial charge in [0, 0.05) is 21.9 Å². The number of esters is 2. The Labute approximate surface area is 324 Å². The fourth-order valence-corrected chi connectivity index (χ4v) is 5.74. The number of carbonyl (C=O) groups excluding carboxylic acids is 4. The molecular weight excluding hydrogens is 754 g/mol. The minimum Gasteiger partial charge on any atom is -0.490 e. The molecule has 55 heavy (non-hydrogen) atoms. The van der Waals surface area contributed by atoms with Crippen LogP contribution in [0.2, 0.25) is 5.02 Å². The molecule has 2 aromatic carbocycles. The van der Waals surface area contributed by atoms with Gasteiger partial charge in [-0.2, -0.15) is 10.5 Å². The van der Waals surface area contributed by atoms with Crippen LogP contribution < -0.4 is 32.6 Å². The van der Waals surface area contributed by atoms with Gasteiger partial charge < -0.3 is 46.5 Å². The average Bonchev–Trinajstić information content (AvgIpc) is 3.66. The molecule has 4 rings (SSSR count). The number of ether oxygens (including phenoxy) is 3. The van der Waals surface area contributed by atoms with Crippen molar-refractivity contribution in [2.24, 2.45) is 11.5 Å². The molecule has 0 unspecified atom stereocenters. The van der Waals surface area contributed by atoms with Crippen LogP contribution in [-0.2, 0) is 34.4 Å². The lowest BCUT2D eigenvalue weighted by molar-refractivity contribution is -0.163. The second kappa shape index (κ2) is 19.8. The van der Waals surface area contributed by atoms with Crippen molar-refractivity contribution in [3.8, 4) is 40.5 Å². The van der Waals surface area contributed by atoms with Crippen molar-refractivity contribution in [1.82, 2.24) is 20.6 Å². The Bertz CT molecular complexity index is 2100. The predicted octanol–water partition coefficient (Wildman–Crippen LogP) is 2.44. The summed E-state index contributed by atoms with van der Waals surface area (Å²) in [5.74, 6) is -1.97. The maximum Gasteiger partial charge on any atom is 0.328 e. The van der Waals surface area contributed by atoms with Gasteiger partial charge in [-0.05, 0) is 55.8 Å². The van der Waals surface area contributed by atoms with E-state index in [1.807, 2.05) is 6.07 Å². The van der Waals surface area contributed by atoms with E-state index in [0.717, 1.165) is 5.56 Å². The largest absolute Gasteiger partial charge is 0.490 e. The van der Waals surface area contributed by atoms with E-state index in [2.05, 4.69) is 26.7 Å². The molecule has 0 saturated heterocycles. The van der Waals surface area contributed by atoms with Crippen LogP contribution in [0.25, 0.3) is 22.6 Å². The molecule has 2 amide bonds. The lowest BCUT2D eigenvalue weighted by atomic mass is 9.97. The lowest BCUT2D eigenvalue weighted by Crippen LogP contribution is -2.45. The molecular formula is C36H36ClN9O8S. The topological polar surface area (TPSA) is 285 Å². The zero-order valence-electron chi connectivity index (χ0n) is 29.5. The first kappa shape index (κ1) is 41.6. The van der Waals surface area contributed by atoms with Crippen LogP contribution in [0.5, 0.6) is 5.75 Å². The van der Waals surface area contributed by atoms with Crippen molar-refractivity contribution in [2.45, 2.75) is 42.8 Å². The fourth-order valence-electron chi connectivity index (χ4n) is 4.74. The molecule has 0 saturated carbocycles. The van der Waals surface area contributed by atoms with Gasteiger partial charge in [0.15, 0.2) is 6.10 Å². The number of nitrogens with zero attached hydrogens (tertiary/aromatic N) is 4. The smallest absolute Gasteiger partial charge is 0.328 e. The summed E-state index contributed by atoms with van der Waals surface area (Å²) in [6, 6.07) is 15.4. The number of halogens is 1. The molecule has 0 bridgehead atoms. The number of amides is 2. The van der Waals surface area contributed by atoms with E-state index in [1.54, 1.807) is 48.5 Å². The first-order chi connectivity index (χ1) is 26.4. The maximum atomic E-state index is 12.7. The zero-order chi connectivity index (χ0) is 40.1. The molecule has 0 fully saturated rings. The molecule has 4 aromatic rings. The highest BCUT2D eigenvalue weighted by Crippen LogP contribution is 2.37. The van der Waals surface area contributed by atoms with Crippen LogP contribution in [0, 0.1) is 22.7 Å². The Balaban J connectivity index is 1.50. The molecule has 8 N–H and O–H groups in total. The Hall–Kier alpha value is -6.18. The number of aromatic nitrogens is 2. The van der Waals surface area contributed by atoms with Gasteiger partial charge in [0.25, 0.3) is 0 Å². The maximum absolute atomic E-state index is 12.7. The monoisotopic (exact) mass is 789 g/mol. The van der Waals surface area contributed by atoms with Crippen LogP contribution in [-0.4, -0.2) is 78.2 Å². The van der Waals surface area contributed by atoms with E-state index in [-0.39, 0.29) is 58.7 Å². The van der Waals surface area contributed by atoms with E-state index in [9.17, 15) is 29.7 Å². The van der Waals surface area contributed by atoms with Crippen molar-refractivity contribution in [1.29, 1.82) is 10.5 Å². The summed E-state index contributed by atoms with van der Waals surface area (Å²) in [6.45, 7) is 1.32. The second-order valence-electron chi connectivity index (χ2n) is 11.6. The molecule has 2 heterocycles. The van der Waals surface area contributed by atoms with E-state index in [0.29, 0.717) is 22.2 Å². The number of nitrogens with two attached hydrogens (primary N) is 3. The van der Waals surface area contributed by atoms with E-state index < -0.39 is 48.5 Å². The number of nitrogen functional groups attached to an aromatic ring is 1. The molecule has 0 radical (unpaired) electrons. The number of nitrogens with one attached hydrogen (secondary N) is 2. The zero-order valence-corrected chi connectivity index (χ0v) is 31.1. The first-order valence-corrected chi connectivity index (χ1v) is 17.8. The van der Waals surface area contributed by atoms with E-state index >= 15 is 0 Å². The van der Waals surface area contributed by atoms with Gasteiger partial charge in [-0.25, -0.2) is 19.6 Å². The minimum atomic E-state index is -1.16. The van der Waals surface area contributed by atoms with Crippen molar-refractivity contribution >= 4 is 52.9 Å². The van der Waals surface area contributed by atoms with Gasteiger partial charge in [-0.1, -0.05) is 35.5 Å². The van der Waals surface area contributed by atoms with Gasteiger partial charge in [-0.3, -0.25) is 9.59 Å². The minimum absolute atomic E-state index is 0.00236. The summed E-state index contributed by atoms with van der Waals surface area (Å²) in [4.78, 5) is 57.3. The van der Waals surface area contributed by atoms with Crippen molar-refractivity contribution in [3.05, 3.63) is 76.6 Å². The highest BCUT2D eigenvalue weighted by molar-refractivity contribution is 7.98. The molecule has 286 valence electrons. The lowest BCUT2D eigenvalue weighted by Gasteiger charge is -2.22. The van der Waals surface area contributed by atoms with Gasteiger partial charge in [0.2, 0.25) is 17.7 Å². The summed E-state index contributed by atoms with van der Waals surface area (Å²) < 4.78 is 22.2. The number of rotatable bonds is 17. The number of carbonyl (C=O) groups is 4. The van der Waals surface area contributed by atoms with E-state index in [1.165, 1.54) is 31.9 Å².